The molecule has 0 aliphatic heterocycles. The Balaban J connectivity index is 1.64. The van der Waals surface area contributed by atoms with Gasteiger partial charge in [-0.15, -0.1) is 0 Å². The van der Waals surface area contributed by atoms with Gasteiger partial charge in [0.05, 0.1) is 7.11 Å². The Labute approximate surface area is 168 Å². The highest BCUT2D eigenvalue weighted by Crippen LogP contribution is 2.15. The van der Waals surface area contributed by atoms with Crippen LogP contribution in [0.3, 0.4) is 0 Å². The van der Waals surface area contributed by atoms with Gasteiger partial charge in [-0.25, -0.2) is 9.97 Å². The number of hydrogen-bond acceptors (Lipinski definition) is 5. The van der Waals surface area contributed by atoms with Crippen LogP contribution in [-0.4, -0.2) is 23.0 Å². The van der Waals surface area contributed by atoms with Crippen LogP contribution in [0.2, 0.25) is 5.02 Å². The molecule has 1 aromatic heterocycles. The first-order chi connectivity index (χ1) is 13.5. The van der Waals surface area contributed by atoms with Crippen molar-refractivity contribution in [1.29, 1.82) is 0 Å². The minimum Gasteiger partial charge on any atom is -0.497 e. The van der Waals surface area contributed by atoms with Gasteiger partial charge < -0.3 is 15.4 Å². The minimum atomic E-state index is -0.280. The molecule has 6 nitrogen and oxygen atoms in total. The fourth-order valence-corrected chi connectivity index (χ4v) is 2.80. The van der Waals surface area contributed by atoms with Crippen LogP contribution in [-0.2, 0) is 13.1 Å². The van der Waals surface area contributed by atoms with Gasteiger partial charge in [0.2, 0.25) is 5.95 Å². The summed E-state index contributed by atoms with van der Waals surface area (Å²) < 4.78 is 5.15. The van der Waals surface area contributed by atoms with E-state index < -0.39 is 0 Å². The van der Waals surface area contributed by atoms with Crippen molar-refractivity contribution in [3.05, 3.63) is 82.1 Å². The number of nitrogens with zero attached hydrogens (tertiary/aromatic N) is 2. The lowest BCUT2D eigenvalue weighted by Gasteiger charge is -2.10. The second-order valence-corrected chi connectivity index (χ2v) is 6.60. The van der Waals surface area contributed by atoms with Gasteiger partial charge in [0.15, 0.2) is 0 Å². The van der Waals surface area contributed by atoms with E-state index in [1.54, 1.807) is 19.2 Å². The van der Waals surface area contributed by atoms with Crippen LogP contribution in [0.4, 0.5) is 5.95 Å². The van der Waals surface area contributed by atoms with E-state index in [0.29, 0.717) is 35.4 Å². The topological polar surface area (TPSA) is 76.1 Å². The SMILES string of the molecule is COc1ccc(CNc2nc(C)cc(C(=O)NCc3ccccc3Cl)n2)cc1. The van der Waals surface area contributed by atoms with Gasteiger partial charge in [-0.1, -0.05) is 41.9 Å². The molecule has 0 unspecified atom stereocenters. The number of carbonyl (C=O) groups excluding carboxylic acids is 1. The predicted molar refractivity (Wildman–Crippen MR) is 110 cm³/mol. The zero-order valence-corrected chi connectivity index (χ0v) is 16.5. The van der Waals surface area contributed by atoms with Gasteiger partial charge >= 0.3 is 0 Å². The Bertz CT molecular complexity index is 961. The summed E-state index contributed by atoms with van der Waals surface area (Å²) in [7, 11) is 1.63. The minimum absolute atomic E-state index is 0.280. The largest absolute Gasteiger partial charge is 0.497 e. The average Bonchev–Trinajstić information content (AvgIpc) is 2.71. The van der Waals surface area contributed by atoms with E-state index in [1.807, 2.05) is 49.4 Å². The molecule has 0 saturated carbocycles. The number of carbonyl (C=O) groups is 1. The zero-order chi connectivity index (χ0) is 19.9. The van der Waals surface area contributed by atoms with E-state index in [1.165, 1.54) is 0 Å². The molecule has 0 aliphatic carbocycles. The zero-order valence-electron chi connectivity index (χ0n) is 15.7. The van der Waals surface area contributed by atoms with Crippen LogP contribution in [0.15, 0.2) is 54.6 Å². The molecule has 0 spiro atoms. The number of amides is 1. The van der Waals surface area contributed by atoms with E-state index in [0.717, 1.165) is 16.9 Å². The second kappa shape index (κ2) is 9.19. The number of nitrogens with one attached hydrogen (secondary N) is 2. The molecule has 0 atom stereocenters. The lowest BCUT2D eigenvalue weighted by atomic mass is 10.2. The van der Waals surface area contributed by atoms with E-state index >= 15 is 0 Å². The number of hydrogen-bond donors (Lipinski definition) is 2. The molecule has 0 bridgehead atoms. The van der Waals surface area contributed by atoms with Crippen molar-refractivity contribution < 1.29 is 9.53 Å². The Hall–Kier alpha value is -3.12. The maximum Gasteiger partial charge on any atom is 0.270 e. The van der Waals surface area contributed by atoms with E-state index in [-0.39, 0.29) is 5.91 Å². The van der Waals surface area contributed by atoms with Crippen molar-refractivity contribution >= 4 is 23.5 Å². The molecule has 7 heteroatoms. The van der Waals surface area contributed by atoms with E-state index in [9.17, 15) is 4.79 Å². The monoisotopic (exact) mass is 396 g/mol. The highest BCUT2D eigenvalue weighted by Gasteiger charge is 2.11. The van der Waals surface area contributed by atoms with Gasteiger partial charge in [0.25, 0.3) is 5.91 Å². The molecule has 0 saturated heterocycles. The van der Waals surface area contributed by atoms with Crippen LogP contribution in [0, 0.1) is 6.92 Å². The number of benzene rings is 2. The lowest BCUT2D eigenvalue weighted by Crippen LogP contribution is -2.24. The van der Waals surface area contributed by atoms with Crippen LogP contribution in [0.1, 0.15) is 27.3 Å². The van der Waals surface area contributed by atoms with Crippen LogP contribution >= 0.6 is 11.6 Å². The summed E-state index contributed by atoms with van der Waals surface area (Å²) in [4.78, 5) is 21.2. The molecular weight excluding hydrogens is 376 g/mol. The van der Waals surface area contributed by atoms with Gasteiger partial charge in [-0.05, 0) is 42.3 Å². The third-order valence-electron chi connectivity index (χ3n) is 4.09. The highest BCUT2D eigenvalue weighted by molar-refractivity contribution is 6.31. The Kier molecular flexibility index (Phi) is 6.45. The van der Waals surface area contributed by atoms with Crippen molar-refractivity contribution in [2.75, 3.05) is 12.4 Å². The Morgan fingerprint density at radius 1 is 1.07 bits per heavy atom. The molecule has 0 fully saturated rings. The molecule has 0 aliphatic rings. The molecule has 144 valence electrons. The second-order valence-electron chi connectivity index (χ2n) is 6.19. The Morgan fingerprint density at radius 2 is 1.82 bits per heavy atom. The van der Waals surface area contributed by atoms with Crippen molar-refractivity contribution in [2.24, 2.45) is 0 Å². The lowest BCUT2D eigenvalue weighted by molar-refractivity contribution is 0.0945. The smallest absolute Gasteiger partial charge is 0.270 e. The summed E-state index contributed by atoms with van der Waals surface area (Å²) >= 11 is 6.13. The third-order valence-corrected chi connectivity index (χ3v) is 4.46. The first-order valence-electron chi connectivity index (χ1n) is 8.79. The molecule has 28 heavy (non-hydrogen) atoms. The standard InChI is InChI=1S/C21H21ClN4O2/c1-14-11-19(20(27)23-13-16-5-3-4-6-18(16)22)26-21(25-14)24-12-15-7-9-17(28-2)10-8-15/h3-11H,12-13H2,1-2H3,(H,23,27)(H,24,25,26). The number of aryl methyl sites for hydroxylation is 1. The maximum absolute atomic E-state index is 12.5. The van der Waals surface area contributed by atoms with Crippen molar-refractivity contribution in [1.82, 2.24) is 15.3 Å². The summed E-state index contributed by atoms with van der Waals surface area (Å²) in [6, 6.07) is 16.7. The highest BCUT2D eigenvalue weighted by atomic mass is 35.5. The maximum atomic E-state index is 12.5. The molecule has 1 amide bonds. The number of rotatable bonds is 7. The summed E-state index contributed by atoms with van der Waals surface area (Å²) in [5.74, 6) is 0.921. The van der Waals surface area contributed by atoms with Crippen LogP contribution in [0.25, 0.3) is 0 Å². The number of anilines is 1. The number of methoxy groups -OCH3 is 1. The summed E-state index contributed by atoms with van der Waals surface area (Å²) in [6.07, 6.45) is 0. The number of halogens is 1. The third kappa shape index (κ3) is 5.20. The van der Waals surface area contributed by atoms with Crippen LogP contribution < -0.4 is 15.4 Å². The molecule has 3 aromatic rings. The molecule has 2 aromatic carbocycles. The van der Waals surface area contributed by atoms with Gasteiger partial charge in [0.1, 0.15) is 11.4 Å². The fourth-order valence-electron chi connectivity index (χ4n) is 2.60. The predicted octanol–water partition coefficient (Wildman–Crippen LogP) is 3.99. The van der Waals surface area contributed by atoms with Crippen molar-refractivity contribution in [2.45, 2.75) is 20.0 Å². The first-order valence-corrected chi connectivity index (χ1v) is 9.17. The molecular formula is C21H21ClN4O2. The molecule has 1 heterocycles. The van der Waals surface area contributed by atoms with E-state index in [4.69, 9.17) is 16.3 Å². The Morgan fingerprint density at radius 3 is 2.54 bits per heavy atom. The quantitative estimate of drug-likeness (QED) is 0.631. The fraction of sp³-hybridized carbons (Fsp3) is 0.190. The van der Waals surface area contributed by atoms with E-state index in [2.05, 4.69) is 20.6 Å². The molecule has 0 radical (unpaired) electrons. The summed E-state index contributed by atoms with van der Waals surface area (Å²) in [6.45, 7) is 2.69. The number of aromatic nitrogens is 2. The normalized spacial score (nSPS) is 10.4. The van der Waals surface area contributed by atoms with Crippen molar-refractivity contribution in [3.63, 3.8) is 0 Å². The van der Waals surface area contributed by atoms with Crippen LogP contribution in [0.5, 0.6) is 5.75 Å². The summed E-state index contributed by atoms with van der Waals surface area (Å²) in [5, 5.41) is 6.61. The summed E-state index contributed by atoms with van der Waals surface area (Å²) in [5.41, 5.74) is 2.91. The van der Waals surface area contributed by atoms with Gasteiger partial charge in [-0.2, -0.15) is 0 Å². The molecule has 3 rings (SSSR count). The first kappa shape index (κ1) is 19.6. The average molecular weight is 397 g/mol. The molecule has 2 N–H and O–H groups in total. The number of ether oxygens (including phenoxy) is 1. The van der Waals surface area contributed by atoms with Gasteiger partial charge in [-0.3, -0.25) is 4.79 Å². The van der Waals surface area contributed by atoms with Gasteiger partial charge in [0, 0.05) is 23.8 Å². The van der Waals surface area contributed by atoms with Crippen molar-refractivity contribution in [3.8, 4) is 5.75 Å².